The number of hydrogen-bond donors (Lipinski definition) is 1. The highest BCUT2D eigenvalue weighted by Crippen LogP contribution is 2.29. The van der Waals surface area contributed by atoms with Crippen molar-refractivity contribution < 1.29 is 14.0 Å². The Morgan fingerprint density at radius 2 is 1.96 bits per heavy atom. The molecule has 140 valence electrons. The zero-order chi connectivity index (χ0) is 19.6. The quantitative estimate of drug-likeness (QED) is 0.868. The van der Waals surface area contributed by atoms with E-state index >= 15 is 0 Å². The van der Waals surface area contributed by atoms with Crippen LogP contribution < -0.4 is 5.32 Å². The van der Waals surface area contributed by atoms with E-state index in [4.69, 9.17) is 0 Å². The number of aliphatic imine (C=N–C) groups is 1. The lowest BCUT2D eigenvalue weighted by molar-refractivity contribution is -0.128. The minimum Gasteiger partial charge on any atom is -0.323 e. The standard InChI is InChI=1S/C20H20FN3O2S/c1-12-8-9-14(10-13(12)2)22-20-24(3)18(25)11-17(27-20)19(26)23-16-7-5-4-6-15(16)21/h4-10,17H,11H2,1-3H3,(H,23,26)/t17-/m1/s1. The molecule has 1 aliphatic rings. The topological polar surface area (TPSA) is 61.8 Å². The van der Waals surface area contributed by atoms with Crippen molar-refractivity contribution in [2.24, 2.45) is 4.99 Å². The number of amides is 2. The van der Waals surface area contributed by atoms with Crippen LogP contribution in [0.2, 0.25) is 0 Å². The van der Waals surface area contributed by atoms with Gasteiger partial charge in [-0.15, -0.1) is 0 Å². The maximum absolute atomic E-state index is 13.8. The van der Waals surface area contributed by atoms with Crippen LogP contribution in [0.4, 0.5) is 15.8 Å². The third-order valence-electron chi connectivity index (χ3n) is 4.41. The summed E-state index contributed by atoms with van der Waals surface area (Å²) in [5.74, 6) is -1.14. The Bertz CT molecular complexity index is 929. The lowest BCUT2D eigenvalue weighted by Crippen LogP contribution is -2.43. The molecule has 2 aromatic rings. The highest BCUT2D eigenvalue weighted by atomic mass is 32.2. The molecule has 7 heteroatoms. The first-order chi connectivity index (χ1) is 12.8. The van der Waals surface area contributed by atoms with Gasteiger partial charge >= 0.3 is 0 Å². The summed E-state index contributed by atoms with van der Waals surface area (Å²) in [7, 11) is 1.64. The summed E-state index contributed by atoms with van der Waals surface area (Å²) < 4.78 is 13.8. The van der Waals surface area contributed by atoms with Gasteiger partial charge < -0.3 is 5.32 Å². The van der Waals surface area contributed by atoms with E-state index in [9.17, 15) is 14.0 Å². The van der Waals surface area contributed by atoms with Crippen LogP contribution in [0.15, 0.2) is 47.5 Å². The van der Waals surface area contributed by atoms with Gasteiger partial charge in [0.1, 0.15) is 11.1 Å². The van der Waals surface area contributed by atoms with Gasteiger partial charge in [-0.05, 0) is 49.2 Å². The second kappa shape index (κ2) is 7.92. The zero-order valence-corrected chi connectivity index (χ0v) is 16.1. The molecule has 1 fully saturated rings. The second-order valence-electron chi connectivity index (χ2n) is 6.40. The van der Waals surface area contributed by atoms with E-state index in [0.717, 1.165) is 16.8 Å². The Balaban J connectivity index is 1.81. The Morgan fingerprint density at radius 3 is 2.67 bits per heavy atom. The van der Waals surface area contributed by atoms with E-state index in [2.05, 4.69) is 10.3 Å². The van der Waals surface area contributed by atoms with Crippen LogP contribution in [0.3, 0.4) is 0 Å². The van der Waals surface area contributed by atoms with Crippen molar-refractivity contribution in [3.05, 3.63) is 59.4 Å². The highest BCUT2D eigenvalue weighted by molar-refractivity contribution is 8.15. The van der Waals surface area contributed by atoms with Crippen molar-refractivity contribution in [2.45, 2.75) is 25.5 Å². The Morgan fingerprint density at radius 1 is 1.22 bits per heavy atom. The van der Waals surface area contributed by atoms with E-state index < -0.39 is 17.0 Å². The molecule has 1 atom stereocenters. The number of carbonyl (C=O) groups excluding carboxylic acids is 2. The summed E-state index contributed by atoms with van der Waals surface area (Å²) in [6.07, 6.45) is 0.0351. The maximum atomic E-state index is 13.8. The van der Waals surface area contributed by atoms with Gasteiger partial charge in [-0.2, -0.15) is 0 Å². The average molecular weight is 385 g/mol. The van der Waals surface area contributed by atoms with Crippen molar-refractivity contribution in [2.75, 3.05) is 12.4 Å². The summed E-state index contributed by atoms with van der Waals surface area (Å²) in [5, 5.41) is 2.34. The summed E-state index contributed by atoms with van der Waals surface area (Å²) in [5.41, 5.74) is 3.07. The molecule has 0 radical (unpaired) electrons. The number of thioether (sulfide) groups is 1. The fourth-order valence-corrected chi connectivity index (χ4v) is 3.64. The van der Waals surface area contributed by atoms with E-state index in [1.54, 1.807) is 19.2 Å². The summed E-state index contributed by atoms with van der Waals surface area (Å²) in [6, 6.07) is 11.7. The first-order valence-electron chi connectivity index (χ1n) is 8.49. The number of nitrogens with one attached hydrogen (secondary N) is 1. The third kappa shape index (κ3) is 4.36. The van der Waals surface area contributed by atoms with Gasteiger partial charge in [0.25, 0.3) is 0 Å². The van der Waals surface area contributed by atoms with Crippen LogP contribution in [0.5, 0.6) is 0 Å². The third-order valence-corrected chi connectivity index (χ3v) is 5.65. The number of halogens is 1. The van der Waals surface area contributed by atoms with Gasteiger partial charge in [-0.3, -0.25) is 14.5 Å². The van der Waals surface area contributed by atoms with Crippen LogP contribution in [0, 0.1) is 19.7 Å². The van der Waals surface area contributed by atoms with Crippen molar-refractivity contribution in [3.8, 4) is 0 Å². The monoisotopic (exact) mass is 385 g/mol. The molecule has 1 heterocycles. The van der Waals surface area contributed by atoms with Gasteiger partial charge in [0.2, 0.25) is 11.8 Å². The number of aryl methyl sites for hydroxylation is 2. The molecule has 0 spiro atoms. The minimum atomic E-state index is -0.668. The zero-order valence-electron chi connectivity index (χ0n) is 15.3. The average Bonchev–Trinajstić information content (AvgIpc) is 2.63. The molecule has 27 heavy (non-hydrogen) atoms. The number of rotatable bonds is 3. The molecule has 0 bridgehead atoms. The lowest BCUT2D eigenvalue weighted by atomic mass is 10.1. The molecule has 2 aromatic carbocycles. The van der Waals surface area contributed by atoms with E-state index in [1.165, 1.54) is 28.8 Å². The van der Waals surface area contributed by atoms with Crippen molar-refractivity contribution in [1.82, 2.24) is 4.90 Å². The van der Waals surface area contributed by atoms with E-state index in [0.29, 0.717) is 5.17 Å². The second-order valence-corrected chi connectivity index (χ2v) is 7.57. The number of carbonyl (C=O) groups is 2. The van der Waals surface area contributed by atoms with Crippen LogP contribution in [0.25, 0.3) is 0 Å². The first kappa shape index (κ1) is 19.1. The normalized spacial score (nSPS) is 18.7. The summed E-state index contributed by atoms with van der Waals surface area (Å²) in [6.45, 7) is 4.01. The fraction of sp³-hybridized carbons (Fsp3) is 0.250. The molecular weight excluding hydrogens is 365 g/mol. The molecule has 0 aliphatic carbocycles. The summed E-state index contributed by atoms with van der Waals surface area (Å²) in [4.78, 5) is 30.9. The van der Waals surface area contributed by atoms with Crippen LogP contribution >= 0.6 is 11.8 Å². The molecule has 0 unspecified atom stereocenters. The van der Waals surface area contributed by atoms with Crippen molar-refractivity contribution in [3.63, 3.8) is 0 Å². The molecule has 0 aromatic heterocycles. The number of amidine groups is 1. The number of benzene rings is 2. The van der Waals surface area contributed by atoms with Gasteiger partial charge in [-0.25, -0.2) is 9.38 Å². The SMILES string of the molecule is Cc1ccc(N=C2S[C@@H](C(=O)Nc3ccccc3F)CC(=O)N2C)cc1C. The Hall–Kier alpha value is -2.67. The molecular formula is C20H20FN3O2S. The molecule has 5 nitrogen and oxygen atoms in total. The van der Waals surface area contributed by atoms with Gasteiger partial charge in [0.15, 0.2) is 5.17 Å². The number of para-hydroxylation sites is 1. The molecule has 1 saturated heterocycles. The predicted octanol–water partition coefficient (Wildman–Crippen LogP) is 4.03. The fourth-order valence-electron chi connectivity index (χ4n) is 2.58. The van der Waals surface area contributed by atoms with Crippen molar-refractivity contribution >= 4 is 40.1 Å². The summed E-state index contributed by atoms with van der Waals surface area (Å²) >= 11 is 1.20. The maximum Gasteiger partial charge on any atom is 0.238 e. The number of anilines is 1. The van der Waals surface area contributed by atoms with Gasteiger partial charge in [-0.1, -0.05) is 30.0 Å². The van der Waals surface area contributed by atoms with Gasteiger partial charge in [0.05, 0.1) is 11.4 Å². The molecule has 2 amide bonds. The van der Waals surface area contributed by atoms with Crippen LogP contribution in [-0.4, -0.2) is 34.2 Å². The van der Waals surface area contributed by atoms with E-state index in [-0.39, 0.29) is 18.0 Å². The highest BCUT2D eigenvalue weighted by Gasteiger charge is 2.34. The number of hydrogen-bond acceptors (Lipinski definition) is 4. The van der Waals surface area contributed by atoms with Crippen LogP contribution in [0.1, 0.15) is 17.5 Å². The lowest BCUT2D eigenvalue weighted by Gasteiger charge is -2.28. The molecule has 1 N–H and O–H groups in total. The predicted molar refractivity (Wildman–Crippen MR) is 107 cm³/mol. The number of nitrogens with zero attached hydrogens (tertiary/aromatic N) is 2. The van der Waals surface area contributed by atoms with Crippen LogP contribution in [-0.2, 0) is 9.59 Å². The molecule has 1 aliphatic heterocycles. The molecule has 0 saturated carbocycles. The smallest absolute Gasteiger partial charge is 0.238 e. The van der Waals surface area contributed by atoms with E-state index in [1.807, 2.05) is 32.0 Å². The molecule has 3 rings (SSSR count). The van der Waals surface area contributed by atoms with Crippen molar-refractivity contribution in [1.29, 1.82) is 0 Å². The largest absolute Gasteiger partial charge is 0.323 e. The van der Waals surface area contributed by atoms with Gasteiger partial charge in [0, 0.05) is 13.5 Å². The first-order valence-corrected chi connectivity index (χ1v) is 9.37. The Kier molecular flexibility index (Phi) is 5.60. The minimum absolute atomic E-state index is 0.0351. The Labute approximate surface area is 161 Å².